The highest BCUT2D eigenvalue weighted by atomic mass is 32.2. The van der Waals surface area contributed by atoms with E-state index in [2.05, 4.69) is 4.98 Å². The van der Waals surface area contributed by atoms with E-state index >= 15 is 0 Å². The van der Waals surface area contributed by atoms with Crippen LogP contribution >= 0.6 is 0 Å². The Hall–Kier alpha value is -2.44. The first-order valence-corrected chi connectivity index (χ1v) is 9.83. The maximum absolute atomic E-state index is 12.9. The maximum atomic E-state index is 12.9. The van der Waals surface area contributed by atoms with Crippen LogP contribution in [0.15, 0.2) is 59.6 Å². The molecule has 0 spiro atoms. The lowest BCUT2D eigenvalue weighted by molar-refractivity contribution is 0.287. The number of sulfonamides is 1. The van der Waals surface area contributed by atoms with Crippen molar-refractivity contribution in [2.24, 2.45) is 0 Å². The normalized spacial score (nSPS) is 11.8. The Balaban J connectivity index is 1.76. The van der Waals surface area contributed by atoms with Gasteiger partial charge < -0.3 is 4.74 Å². The number of hydrogen-bond acceptors (Lipinski definition) is 4. The molecule has 1 aromatic heterocycles. The number of nitrogens with zero attached hydrogens (tertiary/aromatic N) is 2. The summed E-state index contributed by atoms with van der Waals surface area (Å²) < 4.78 is 32.8. The molecule has 3 aromatic rings. The summed E-state index contributed by atoms with van der Waals surface area (Å²) in [6, 6.07) is 14.8. The molecule has 0 aliphatic carbocycles. The fourth-order valence-electron chi connectivity index (χ4n) is 2.67. The predicted octanol–water partition coefficient (Wildman–Crippen LogP) is 3.55. The summed E-state index contributed by atoms with van der Waals surface area (Å²) in [5, 5.41) is 0.815. The van der Waals surface area contributed by atoms with Crippen LogP contribution in [0.2, 0.25) is 0 Å². The van der Waals surface area contributed by atoms with Crippen molar-refractivity contribution in [3.8, 4) is 5.75 Å². The zero-order valence-corrected chi connectivity index (χ0v) is 16.0. The summed E-state index contributed by atoms with van der Waals surface area (Å²) in [4.78, 5) is 4.54. The molecule has 3 rings (SSSR count). The van der Waals surface area contributed by atoms with Crippen molar-refractivity contribution < 1.29 is 13.2 Å². The molecular formula is C20H22N2O3S. The van der Waals surface area contributed by atoms with Gasteiger partial charge in [-0.1, -0.05) is 29.8 Å². The molecule has 2 aromatic carbocycles. The predicted molar refractivity (Wildman–Crippen MR) is 103 cm³/mol. The van der Waals surface area contributed by atoms with Crippen LogP contribution in [0.25, 0.3) is 10.9 Å². The number of benzene rings is 2. The second-order valence-corrected chi connectivity index (χ2v) is 8.34. The fraction of sp³-hybridized carbons (Fsp3) is 0.250. The number of para-hydroxylation sites is 1. The number of ether oxygens (including phenoxy) is 1. The molecule has 136 valence electrons. The topological polar surface area (TPSA) is 59.5 Å². The van der Waals surface area contributed by atoms with Crippen molar-refractivity contribution >= 4 is 20.9 Å². The highest BCUT2D eigenvalue weighted by Gasteiger charge is 2.23. The summed E-state index contributed by atoms with van der Waals surface area (Å²) in [5.74, 6) is 0.726. The molecule has 0 saturated carbocycles. The number of aryl methyl sites for hydroxylation is 2. The molecule has 0 unspecified atom stereocenters. The van der Waals surface area contributed by atoms with E-state index in [-0.39, 0.29) is 18.0 Å². The maximum Gasteiger partial charge on any atom is 0.245 e. The second kappa shape index (κ2) is 7.43. The standard InChI is InChI=1S/C20H22N2O3S/c1-15-7-9-18(10-8-15)25-12-11-22(3)26(23,24)19-6-4-5-17-13-16(2)14-21-20(17)19/h4-10,13-14H,11-12H2,1-3H3. The third kappa shape index (κ3) is 3.86. The van der Waals surface area contributed by atoms with Crippen LogP contribution in [0.4, 0.5) is 0 Å². The first-order chi connectivity index (χ1) is 12.4. The number of aromatic nitrogens is 1. The molecule has 0 N–H and O–H groups in total. The molecule has 0 radical (unpaired) electrons. The summed E-state index contributed by atoms with van der Waals surface area (Å²) in [6.45, 7) is 4.46. The minimum atomic E-state index is -3.65. The first kappa shape index (κ1) is 18.4. The van der Waals surface area contributed by atoms with Crippen LogP contribution in [0.5, 0.6) is 5.75 Å². The Bertz CT molecular complexity index is 1010. The van der Waals surface area contributed by atoms with Gasteiger partial charge in [-0.3, -0.25) is 4.98 Å². The van der Waals surface area contributed by atoms with E-state index in [9.17, 15) is 8.42 Å². The fourth-order valence-corrected chi connectivity index (χ4v) is 3.98. The van der Waals surface area contributed by atoms with E-state index < -0.39 is 10.0 Å². The van der Waals surface area contributed by atoms with E-state index in [0.29, 0.717) is 5.52 Å². The zero-order chi connectivity index (χ0) is 18.7. The molecule has 0 atom stereocenters. The minimum absolute atomic E-state index is 0.216. The third-order valence-electron chi connectivity index (χ3n) is 4.19. The molecule has 26 heavy (non-hydrogen) atoms. The molecule has 0 aliphatic rings. The summed E-state index contributed by atoms with van der Waals surface area (Å²) >= 11 is 0. The smallest absolute Gasteiger partial charge is 0.245 e. The number of pyridine rings is 1. The monoisotopic (exact) mass is 370 g/mol. The van der Waals surface area contributed by atoms with Crippen LogP contribution in [-0.4, -0.2) is 37.9 Å². The van der Waals surface area contributed by atoms with E-state index in [4.69, 9.17) is 4.74 Å². The van der Waals surface area contributed by atoms with Gasteiger partial charge in [-0.05, 0) is 43.7 Å². The average Bonchev–Trinajstić information content (AvgIpc) is 2.62. The molecule has 6 heteroatoms. The second-order valence-electron chi connectivity index (χ2n) is 6.33. The molecule has 0 fully saturated rings. The van der Waals surface area contributed by atoms with Crippen molar-refractivity contribution in [1.29, 1.82) is 0 Å². The highest BCUT2D eigenvalue weighted by Crippen LogP contribution is 2.24. The Morgan fingerprint density at radius 1 is 1.04 bits per heavy atom. The van der Waals surface area contributed by atoms with Crippen LogP contribution < -0.4 is 4.74 Å². The summed E-state index contributed by atoms with van der Waals surface area (Å²) in [6.07, 6.45) is 1.68. The average molecular weight is 370 g/mol. The number of likely N-dealkylation sites (N-methyl/N-ethyl adjacent to an activating group) is 1. The van der Waals surface area contributed by atoms with Crippen molar-refractivity contribution in [2.45, 2.75) is 18.7 Å². The number of fused-ring (bicyclic) bond motifs is 1. The molecule has 0 bridgehead atoms. The Morgan fingerprint density at radius 2 is 1.77 bits per heavy atom. The van der Waals surface area contributed by atoms with Gasteiger partial charge in [-0.2, -0.15) is 4.31 Å². The van der Waals surface area contributed by atoms with Crippen LogP contribution in [0.1, 0.15) is 11.1 Å². The van der Waals surface area contributed by atoms with Crippen LogP contribution in [-0.2, 0) is 10.0 Å². The summed E-state index contributed by atoms with van der Waals surface area (Å²) in [7, 11) is -2.09. The minimum Gasteiger partial charge on any atom is -0.492 e. The lowest BCUT2D eigenvalue weighted by Gasteiger charge is -2.18. The van der Waals surface area contributed by atoms with Crippen molar-refractivity contribution in [1.82, 2.24) is 9.29 Å². The van der Waals surface area contributed by atoms with Gasteiger partial charge in [0, 0.05) is 25.2 Å². The van der Waals surface area contributed by atoms with E-state index in [1.54, 1.807) is 25.4 Å². The quantitative estimate of drug-likeness (QED) is 0.666. The molecule has 1 heterocycles. The van der Waals surface area contributed by atoms with E-state index in [0.717, 1.165) is 22.3 Å². The molecule has 5 nitrogen and oxygen atoms in total. The molecule has 0 saturated heterocycles. The van der Waals surface area contributed by atoms with Crippen LogP contribution in [0, 0.1) is 13.8 Å². The van der Waals surface area contributed by atoms with Gasteiger partial charge in [0.25, 0.3) is 0 Å². The number of hydrogen-bond donors (Lipinski definition) is 0. The van der Waals surface area contributed by atoms with Crippen molar-refractivity contribution in [2.75, 3.05) is 20.2 Å². The lowest BCUT2D eigenvalue weighted by atomic mass is 10.2. The Morgan fingerprint density at radius 3 is 2.50 bits per heavy atom. The van der Waals surface area contributed by atoms with Crippen molar-refractivity contribution in [3.63, 3.8) is 0 Å². The molecular weight excluding hydrogens is 348 g/mol. The summed E-state index contributed by atoms with van der Waals surface area (Å²) in [5.41, 5.74) is 2.63. The Labute approximate surface area is 154 Å². The van der Waals surface area contributed by atoms with Gasteiger partial charge in [0.1, 0.15) is 17.3 Å². The third-order valence-corrected chi connectivity index (χ3v) is 6.08. The van der Waals surface area contributed by atoms with Crippen LogP contribution in [0.3, 0.4) is 0 Å². The molecule has 0 aliphatic heterocycles. The van der Waals surface area contributed by atoms with Gasteiger partial charge in [0.05, 0.1) is 5.52 Å². The molecule has 0 amide bonds. The van der Waals surface area contributed by atoms with Gasteiger partial charge in [0.2, 0.25) is 10.0 Å². The van der Waals surface area contributed by atoms with Gasteiger partial charge in [-0.15, -0.1) is 0 Å². The lowest BCUT2D eigenvalue weighted by Crippen LogP contribution is -2.31. The number of rotatable bonds is 6. The SMILES string of the molecule is Cc1ccc(OCCN(C)S(=O)(=O)c2cccc3cc(C)cnc23)cc1. The van der Waals surface area contributed by atoms with E-state index in [1.165, 1.54) is 4.31 Å². The van der Waals surface area contributed by atoms with Crippen molar-refractivity contribution in [3.05, 3.63) is 65.9 Å². The zero-order valence-electron chi connectivity index (χ0n) is 15.1. The van der Waals surface area contributed by atoms with Gasteiger partial charge in [0.15, 0.2) is 0 Å². The first-order valence-electron chi connectivity index (χ1n) is 8.39. The Kier molecular flexibility index (Phi) is 5.25. The highest BCUT2D eigenvalue weighted by molar-refractivity contribution is 7.89. The van der Waals surface area contributed by atoms with Gasteiger partial charge >= 0.3 is 0 Å². The largest absolute Gasteiger partial charge is 0.492 e. The van der Waals surface area contributed by atoms with Gasteiger partial charge in [-0.25, -0.2) is 8.42 Å². The van der Waals surface area contributed by atoms with E-state index in [1.807, 2.05) is 50.2 Å².